The van der Waals surface area contributed by atoms with Crippen molar-refractivity contribution in [2.75, 3.05) is 0 Å². The maximum absolute atomic E-state index is 10.6. The van der Waals surface area contributed by atoms with E-state index in [0.717, 1.165) is 12.8 Å². The second-order valence-corrected chi connectivity index (χ2v) is 7.34. The molecule has 5 N–H and O–H groups in total. The maximum atomic E-state index is 10.6. The van der Waals surface area contributed by atoms with Crippen molar-refractivity contribution in [2.24, 2.45) is 11.7 Å². The number of hydrogen-bond donors (Lipinski definition) is 4. The van der Waals surface area contributed by atoms with Crippen LogP contribution >= 0.6 is 23.2 Å². The molecule has 0 radical (unpaired) electrons. The smallest absolute Gasteiger partial charge is 0.490 e. The summed E-state index contributed by atoms with van der Waals surface area (Å²) < 4.78 is 31.7. The maximum Gasteiger partial charge on any atom is 0.490 e. The van der Waals surface area contributed by atoms with Crippen LogP contribution in [0, 0.1) is 5.92 Å². The van der Waals surface area contributed by atoms with Gasteiger partial charge in [0.05, 0.1) is 10.0 Å². The van der Waals surface area contributed by atoms with Gasteiger partial charge in [-0.2, -0.15) is 13.2 Å². The third-order valence-electron chi connectivity index (χ3n) is 4.69. The zero-order valence-corrected chi connectivity index (χ0v) is 15.1. The second-order valence-electron chi connectivity index (χ2n) is 6.52. The summed E-state index contributed by atoms with van der Waals surface area (Å²) in [5.74, 6) is -2.22. The molecule has 2 aliphatic heterocycles. The number of phenolic OH excluding ortho intramolecular Hbond substituents is 1. The molecule has 0 aromatic heterocycles. The number of piperidine rings is 1. The lowest BCUT2D eigenvalue weighted by Gasteiger charge is -2.33. The van der Waals surface area contributed by atoms with Crippen LogP contribution in [-0.2, 0) is 4.79 Å². The topological polar surface area (TPSA) is 95.6 Å². The van der Waals surface area contributed by atoms with Crippen LogP contribution in [0.5, 0.6) is 5.75 Å². The lowest BCUT2D eigenvalue weighted by Crippen LogP contribution is -2.41. The molecular weight excluding hydrogens is 396 g/mol. The molecule has 2 heterocycles. The molecule has 26 heavy (non-hydrogen) atoms. The van der Waals surface area contributed by atoms with Crippen LogP contribution in [0.4, 0.5) is 13.2 Å². The van der Waals surface area contributed by atoms with Gasteiger partial charge in [-0.05, 0) is 37.7 Å². The van der Waals surface area contributed by atoms with Crippen molar-refractivity contribution in [3.05, 3.63) is 27.7 Å². The number of phenols is 1. The number of rotatable bonds is 2. The van der Waals surface area contributed by atoms with Gasteiger partial charge in [0.25, 0.3) is 0 Å². The Balaban J connectivity index is 0.000000298. The second kappa shape index (κ2) is 8.21. The Morgan fingerprint density at radius 1 is 1.19 bits per heavy atom. The molecule has 1 aromatic carbocycles. The minimum atomic E-state index is -5.08. The number of carboxylic acid groups (broad SMARTS) is 1. The Kier molecular flexibility index (Phi) is 6.65. The number of nitrogens with one attached hydrogen (secondary N) is 1. The third-order valence-corrected chi connectivity index (χ3v) is 5.41. The minimum Gasteiger partial charge on any atom is -0.508 e. The number of benzene rings is 1. The summed E-state index contributed by atoms with van der Waals surface area (Å²) in [6, 6.07) is 4.17. The normalized spacial score (nSPS) is 26.0. The molecule has 0 saturated carbocycles. The average molecular weight is 415 g/mol. The van der Waals surface area contributed by atoms with Gasteiger partial charge in [-0.25, -0.2) is 4.79 Å². The molecule has 2 aliphatic rings. The number of aliphatic carboxylic acids is 1. The van der Waals surface area contributed by atoms with Gasteiger partial charge in [0.2, 0.25) is 0 Å². The summed E-state index contributed by atoms with van der Waals surface area (Å²) >= 11 is 11.9. The van der Waals surface area contributed by atoms with E-state index in [1.165, 1.54) is 18.9 Å². The van der Waals surface area contributed by atoms with Crippen LogP contribution in [0.25, 0.3) is 0 Å². The van der Waals surface area contributed by atoms with Crippen molar-refractivity contribution in [1.29, 1.82) is 0 Å². The fraction of sp³-hybridized carbons (Fsp3) is 0.562. The molecule has 0 spiro atoms. The molecule has 5 nitrogen and oxygen atoms in total. The van der Waals surface area contributed by atoms with E-state index in [1.54, 1.807) is 6.07 Å². The highest BCUT2D eigenvalue weighted by molar-refractivity contribution is 6.42. The molecule has 3 rings (SSSR count). The predicted octanol–water partition coefficient (Wildman–Crippen LogP) is 3.86. The van der Waals surface area contributed by atoms with E-state index in [9.17, 15) is 18.3 Å². The van der Waals surface area contributed by atoms with Gasteiger partial charge in [0.1, 0.15) is 5.75 Å². The first-order valence-electron chi connectivity index (χ1n) is 7.98. The van der Waals surface area contributed by atoms with Gasteiger partial charge < -0.3 is 21.3 Å². The van der Waals surface area contributed by atoms with Gasteiger partial charge in [-0.3, -0.25) is 0 Å². The first-order chi connectivity index (χ1) is 12.0. The van der Waals surface area contributed by atoms with Gasteiger partial charge in [0, 0.05) is 29.8 Å². The van der Waals surface area contributed by atoms with E-state index in [-0.39, 0.29) is 11.8 Å². The molecule has 10 heteroatoms. The molecule has 0 aliphatic carbocycles. The average Bonchev–Trinajstić information content (AvgIpc) is 2.88. The van der Waals surface area contributed by atoms with E-state index >= 15 is 0 Å². The van der Waals surface area contributed by atoms with Crippen molar-refractivity contribution >= 4 is 29.2 Å². The summed E-state index contributed by atoms with van der Waals surface area (Å²) in [5, 5.41) is 21.6. The number of halogens is 5. The SMILES string of the molecule is NC(c1cc(Cl)c(Cl)cc1O)C1CC2CCC(C1)N2.O=C(O)C(F)(F)F. The third kappa shape index (κ3) is 5.16. The van der Waals surface area contributed by atoms with Gasteiger partial charge >= 0.3 is 12.1 Å². The fourth-order valence-electron chi connectivity index (χ4n) is 3.47. The van der Waals surface area contributed by atoms with E-state index in [1.807, 2.05) is 0 Å². The summed E-state index contributed by atoms with van der Waals surface area (Å²) in [7, 11) is 0. The molecule has 2 bridgehead atoms. The number of aromatic hydroxyl groups is 1. The van der Waals surface area contributed by atoms with Crippen LogP contribution < -0.4 is 11.1 Å². The van der Waals surface area contributed by atoms with Crippen LogP contribution in [0.3, 0.4) is 0 Å². The van der Waals surface area contributed by atoms with E-state index in [4.69, 9.17) is 38.8 Å². The monoisotopic (exact) mass is 414 g/mol. The van der Waals surface area contributed by atoms with Crippen LogP contribution in [0.2, 0.25) is 10.0 Å². The highest BCUT2D eigenvalue weighted by Crippen LogP contribution is 2.41. The number of fused-ring (bicyclic) bond motifs is 2. The zero-order chi connectivity index (χ0) is 19.6. The first kappa shape index (κ1) is 21.1. The quantitative estimate of drug-likeness (QED) is 0.589. The lowest BCUT2D eigenvalue weighted by atomic mass is 9.83. The Morgan fingerprint density at radius 2 is 1.65 bits per heavy atom. The van der Waals surface area contributed by atoms with Gasteiger partial charge in [0.15, 0.2) is 0 Å². The molecular formula is C16H19Cl2F3N2O3. The molecule has 146 valence electrons. The number of hydrogen-bond acceptors (Lipinski definition) is 4. The van der Waals surface area contributed by atoms with Crippen LogP contribution in [0.1, 0.15) is 37.3 Å². The summed E-state index contributed by atoms with van der Waals surface area (Å²) in [4.78, 5) is 8.90. The van der Waals surface area contributed by atoms with E-state index in [0.29, 0.717) is 33.6 Å². The summed E-state index contributed by atoms with van der Waals surface area (Å²) in [6.45, 7) is 0. The fourth-order valence-corrected chi connectivity index (χ4v) is 3.80. The summed E-state index contributed by atoms with van der Waals surface area (Å²) in [5.41, 5.74) is 7.06. The van der Waals surface area contributed by atoms with Crippen LogP contribution in [-0.4, -0.2) is 34.4 Å². The van der Waals surface area contributed by atoms with Crippen molar-refractivity contribution in [3.63, 3.8) is 0 Å². The molecule has 2 saturated heterocycles. The Hall–Kier alpha value is -1.22. The first-order valence-corrected chi connectivity index (χ1v) is 8.74. The number of carbonyl (C=O) groups is 1. The lowest BCUT2D eigenvalue weighted by molar-refractivity contribution is -0.192. The number of nitrogens with two attached hydrogens (primary N) is 1. The van der Waals surface area contributed by atoms with Gasteiger partial charge in [-0.1, -0.05) is 23.2 Å². The van der Waals surface area contributed by atoms with Gasteiger partial charge in [-0.15, -0.1) is 0 Å². The zero-order valence-electron chi connectivity index (χ0n) is 13.6. The van der Waals surface area contributed by atoms with Crippen molar-refractivity contribution in [3.8, 4) is 5.75 Å². The summed E-state index contributed by atoms with van der Waals surface area (Å²) in [6.07, 6.45) is -0.475. The highest BCUT2D eigenvalue weighted by Gasteiger charge is 2.38. The molecule has 1 aromatic rings. The van der Waals surface area contributed by atoms with Crippen molar-refractivity contribution in [2.45, 2.75) is 50.0 Å². The molecule has 3 unspecified atom stereocenters. The predicted molar refractivity (Wildman–Crippen MR) is 91.4 cm³/mol. The highest BCUT2D eigenvalue weighted by atomic mass is 35.5. The Morgan fingerprint density at radius 3 is 2.12 bits per heavy atom. The van der Waals surface area contributed by atoms with Crippen molar-refractivity contribution < 1.29 is 28.2 Å². The standard InChI is InChI=1S/C14H18Cl2N2O.C2HF3O2/c15-11-5-10(13(19)6-12(11)16)14(17)7-3-8-1-2-9(4-7)18-8;3-2(4,5)1(6)7/h5-9,14,18-19H,1-4,17H2;(H,6,7). The van der Waals surface area contributed by atoms with E-state index < -0.39 is 12.1 Å². The number of carboxylic acids is 1. The largest absolute Gasteiger partial charge is 0.508 e. The van der Waals surface area contributed by atoms with Crippen molar-refractivity contribution in [1.82, 2.24) is 5.32 Å². The molecule has 0 amide bonds. The van der Waals surface area contributed by atoms with Crippen LogP contribution in [0.15, 0.2) is 12.1 Å². The molecule has 3 atom stereocenters. The Bertz CT molecular complexity index is 661. The molecule has 2 fully saturated rings. The van der Waals surface area contributed by atoms with E-state index in [2.05, 4.69) is 5.32 Å². The Labute approximate surface area is 158 Å². The minimum absolute atomic E-state index is 0.146. The number of alkyl halides is 3.